The summed E-state index contributed by atoms with van der Waals surface area (Å²) in [6.07, 6.45) is 9.62. The van der Waals surface area contributed by atoms with Crippen LogP contribution in [0, 0.1) is 5.92 Å². The summed E-state index contributed by atoms with van der Waals surface area (Å²) in [6, 6.07) is 1.77. The van der Waals surface area contributed by atoms with Crippen molar-refractivity contribution in [3.63, 3.8) is 0 Å². The van der Waals surface area contributed by atoms with Crippen LogP contribution in [0.25, 0.3) is 0 Å². The first-order valence-corrected chi connectivity index (χ1v) is 8.63. The van der Waals surface area contributed by atoms with Crippen LogP contribution in [0.2, 0.25) is 0 Å². The zero-order valence-electron chi connectivity index (χ0n) is 11.1. The highest BCUT2D eigenvalue weighted by atomic mass is 32.2. The zero-order valence-corrected chi connectivity index (χ0v) is 11.9. The molecule has 0 saturated heterocycles. The third kappa shape index (κ3) is 2.84. The van der Waals surface area contributed by atoms with Gasteiger partial charge in [0.1, 0.15) is 0 Å². The molecule has 5 nitrogen and oxygen atoms in total. The predicted octanol–water partition coefficient (Wildman–Crippen LogP) is 2.14. The van der Waals surface area contributed by atoms with Crippen LogP contribution in [0.4, 0.5) is 0 Å². The van der Waals surface area contributed by atoms with E-state index < -0.39 is 10.0 Å². The van der Waals surface area contributed by atoms with Crippen LogP contribution >= 0.6 is 0 Å². The third-order valence-electron chi connectivity index (χ3n) is 4.18. The van der Waals surface area contributed by atoms with E-state index >= 15 is 0 Å². The standard InChI is InChI=1S/C13H21N3O2S/c17-19(18,13-8-9-14-15-13)16(12-6-7-12)10-11-4-2-1-3-5-11/h8-9,11-12H,1-7,10H2,(H,14,15). The lowest BCUT2D eigenvalue weighted by molar-refractivity contribution is 0.274. The van der Waals surface area contributed by atoms with E-state index in [0.717, 1.165) is 12.8 Å². The smallest absolute Gasteiger partial charge is 0.260 e. The molecule has 0 aromatic carbocycles. The van der Waals surface area contributed by atoms with Crippen LogP contribution in [0.1, 0.15) is 44.9 Å². The van der Waals surface area contributed by atoms with E-state index in [2.05, 4.69) is 10.2 Å². The van der Waals surface area contributed by atoms with Gasteiger partial charge in [-0.15, -0.1) is 0 Å². The number of aromatic nitrogens is 2. The van der Waals surface area contributed by atoms with Crippen LogP contribution in [-0.4, -0.2) is 35.5 Å². The van der Waals surface area contributed by atoms with Crippen LogP contribution < -0.4 is 0 Å². The Balaban J connectivity index is 1.77. The van der Waals surface area contributed by atoms with E-state index in [-0.39, 0.29) is 11.1 Å². The largest absolute Gasteiger partial charge is 0.266 e. The lowest BCUT2D eigenvalue weighted by atomic mass is 9.89. The fourth-order valence-electron chi connectivity index (χ4n) is 2.94. The van der Waals surface area contributed by atoms with Crippen LogP contribution in [0.15, 0.2) is 17.3 Å². The second-order valence-corrected chi connectivity index (χ2v) is 7.59. The van der Waals surface area contributed by atoms with Gasteiger partial charge >= 0.3 is 0 Å². The molecule has 0 bridgehead atoms. The van der Waals surface area contributed by atoms with Gasteiger partial charge in [-0.1, -0.05) is 19.3 Å². The van der Waals surface area contributed by atoms with Gasteiger partial charge in [0.2, 0.25) is 0 Å². The Hall–Kier alpha value is -0.880. The summed E-state index contributed by atoms with van der Waals surface area (Å²) in [5, 5.41) is 6.60. The molecule has 1 N–H and O–H groups in total. The summed E-state index contributed by atoms with van der Waals surface area (Å²) >= 11 is 0. The average molecular weight is 283 g/mol. The minimum atomic E-state index is -3.38. The second-order valence-electron chi connectivity index (χ2n) is 5.73. The van der Waals surface area contributed by atoms with E-state index in [1.165, 1.54) is 38.3 Å². The maximum atomic E-state index is 12.6. The molecular formula is C13H21N3O2S. The van der Waals surface area contributed by atoms with Crippen molar-refractivity contribution < 1.29 is 8.42 Å². The van der Waals surface area contributed by atoms with Crippen molar-refractivity contribution in [3.05, 3.63) is 12.3 Å². The van der Waals surface area contributed by atoms with Crippen molar-refractivity contribution in [3.8, 4) is 0 Å². The van der Waals surface area contributed by atoms with Gasteiger partial charge in [0.15, 0.2) is 5.03 Å². The number of hydrogen-bond acceptors (Lipinski definition) is 3. The van der Waals surface area contributed by atoms with Gasteiger partial charge in [-0.05, 0) is 37.7 Å². The Morgan fingerprint density at radius 1 is 1.21 bits per heavy atom. The molecule has 1 aromatic heterocycles. The molecule has 0 aliphatic heterocycles. The topological polar surface area (TPSA) is 66.1 Å². The van der Waals surface area contributed by atoms with Gasteiger partial charge in [0.05, 0.1) is 6.20 Å². The highest BCUT2D eigenvalue weighted by Crippen LogP contribution is 2.34. The molecule has 19 heavy (non-hydrogen) atoms. The van der Waals surface area contributed by atoms with Crippen LogP contribution in [-0.2, 0) is 10.0 Å². The Morgan fingerprint density at radius 3 is 2.53 bits per heavy atom. The van der Waals surface area contributed by atoms with Gasteiger partial charge in [-0.25, -0.2) is 8.42 Å². The number of hydrogen-bond donors (Lipinski definition) is 1. The average Bonchev–Trinajstić information content (AvgIpc) is 3.09. The van der Waals surface area contributed by atoms with Crippen LogP contribution in [0.5, 0.6) is 0 Å². The molecule has 0 atom stereocenters. The molecule has 2 aliphatic rings. The van der Waals surface area contributed by atoms with Crippen molar-refractivity contribution in [1.29, 1.82) is 0 Å². The second kappa shape index (κ2) is 5.25. The fraction of sp³-hybridized carbons (Fsp3) is 0.769. The van der Waals surface area contributed by atoms with E-state index in [9.17, 15) is 8.42 Å². The number of nitrogens with zero attached hydrogens (tertiary/aromatic N) is 2. The summed E-state index contributed by atoms with van der Waals surface area (Å²) in [5.41, 5.74) is 0. The first kappa shape index (κ1) is 13.1. The molecule has 2 fully saturated rings. The van der Waals surface area contributed by atoms with Crippen molar-refractivity contribution in [2.24, 2.45) is 5.92 Å². The monoisotopic (exact) mass is 283 g/mol. The van der Waals surface area contributed by atoms with E-state index in [4.69, 9.17) is 0 Å². The Bertz CT molecular complexity index is 502. The number of H-pyrrole nitrogens is 1. The number of sulfonamides is 1. The molecule has 2 saturated carbocycles. The first-order chi connectivity index (χ1) is 9.18. The van der Waals surface area contributed by atoms with E-state index in [1.54, 1.807) is 10.4 Å². The highest BCUT2D eigenvalue weighted by molar-refractivity contribution is 7.89. The summed E-state index contributed by atoms with van der Waals surface area (Å²) in [6.45, 7) is 0.687. The maximum absolute atomic E-state index is 12.6. The summed E-state index contributed by atoms with van der Waals surface area (Å²) < 4.78 is 26.9. The third-order valence-corrected chi connectivity index (χ3v) is 6.03. The normalized spacial score (nSPS) is 21.9. The predicted molar refractivity (Wildman–Crippen MR) is 72.1 cm³/mol. The molecule has 0 spiro atoms. The fourth-order valence-corrected chi connectivity index (χ4v) is 4.61. The zero-order chi connectivity index (χ0) is 13.3. The first-order valence-electron chi connectivity index (χ1n) is 7.19. The molecule has 2 aliphatic carbocycles. The number of rotatable bonds is 5. The van der Waals surface area contributed by atoms with Crippen molar-refractivity contribution in [1.82, 2.24) is 14.5 Å². The lowest BCUT2D eigenvalue weighted by Crippen LogP contribution is -2.38. The molecule has 3 rings (SSSR count). The molecule has 6 heteroatoms. The summed E-state index contributed by atoms with van der Waals surface area (Å²) in [5.74, 6) is 0.534. The van der Waals surface area contributed by atoms with Crippen molar-refractivity contribution in [2.75, 3.05) is 6.54 Å². The quantitative estimate of drug-likeness (QED) is 0.900. The molecule has 0 amide bonds. The van der Waals surface area contributed by atoms with E-state index in [1.807, 2.05) is 0 Å². The Kier molecular flexibility index (Phi) is 3.62. The maximum Gasteiger partial charge on any atom is 0.260 e. The van der Waals surface area contributed by atoms with Gasteiger partial charge in [0, 0.05) is 12.6 Å². The summed E-state index contributed by atoms with van der Waals surface area (Å²) in [4.78, 5) is 0. The van der Waals surface area contributed by atoms with Crippen molar-refractivity contribution >= 4 is 10.0 Å². The minimum Gasteiger partial charge on any atom is -0.266 e. The van der Waals surface area contributed by atoms with Gasteiger partial charge in [-0.3, -0.25) is 5.10 Å². The highest BCUT2D eigenvalue weighted by Gasteiger charge is 2.39. The van der Waals surface area contributed by atoms with Gasteiger partial charge in [0.25, 0.3) is 10.0 Å². The van der Waals surface area contributed by atoms with Crippen LogP contribution in [0.3, 0.4) is 0 Å². The Labute approximate surface area is 114 Å². The van der Waals surface area contributed by atoms with Crippen molar-refractivity contribution in [2.45, 2.75) is 56.0 Å². The minimum absolute atomic E-state index is 0.218. The molecule has 0 unspecified atom stereocenters. The molecule has 1 aromatic rings. The number of nitrogens with one attached hydrogen (secondary N) is 1. The molecule has 106 valence electrons. The lowest BCUT2D eigenvalue weighted by Gasteiger charge is -2.28. The SMILES string of the molecule is O=S(=O)(c1ccn[nH]1)N(CC1CCCCC1)C1CC1. The molecule has 1 heterocycles. The van der Waals surface area contributed by atoms with Gasteiger partial charge < -0.3 is 0 Å². The molecular weight excluding hydrogens is 262 g/mol. The Morgan fingerprint density at radius 2 is 1.95 bits per heavy atom. The summed E-state index contributed by atoms with van der Waals surface area (Å²) in [7, 11) is -3.38. The van der Waals surface area contributed by atoms with E-state index in [0.29, 0.717) is 12.5 Å². The number of aromatic amines is 1. The molecule has 0 radical (unpaired) electrons. The van der Waals surface area contributed by atoms with Gasteiger partial charge in [-0.2, -0.15) is 9.40 Å².